The molecular formula is C9H7FN4O2. The molecule has 1 heterocycles. The average molecular weight is 222 g/mol. The molecule has 2 aromatic rings. The molecule has 6 nitrogen and oxygen atoms in total. The SMILES string of the molecule is Cc1ncn(-c2cc(F)ccc2[N+](=O)[O-])n1. The summed E-state index contributed by atoms with van der Waals surface area (Å²) in [5, 5.41) is 14.6. The number of hydrogen-bond donors (Lipinski definition) is 0. The number of nitrogens with zero attached hydrogens (tertiary/aromatic N) is 4. The van der Waals surface area contributed by atoms with Crippen LogP contribution in [-0.4, -0.2) is 19.7 Å². The molecule has 7 heteroatoms. The highest BCUT2D eigenvalue weighted by atomic mass is 19.1. The molecule has 0 saturated carbocycles. The number of nitro groups is 1. The standard InChI is InChI=1S/C9H7FN4O2/c1-6-11-5-13(12-6)9-4-7(10)2-3-8(9)14(15)16/h2-5H,1H3. The van der Waals surface area contributed by atoms with E-state index in [4.69, 9.17) is 0 Å². The van der Waals surface area contributed by atoms with Crippen molar-refractivity contribution in [2.24, 2.45) is 0 Å². The van der Waals surface area contributed by atoms with E-state index in [2.05, 4.69) is 10.1 Å². The van der Waals surface area contributed by atoms with Crippen molar-refractivity contribution in [3.05, 3.63) is 46.3 Å². The van der Waals surface area contributed by atoms with Crippen molar-refractivity contribution in [1.29, 1.82) is 0 Å². The van der Waals surface area contributed by atoms with E-state index in [1.807, 2.05) is 0 Å². The molecule has 1 aromatic carbocycles. The van der Waals surface area contributed by atoms with E-state index in [9.17, 15) is 14.5 Å². The van der Waals surface area contributed by atoms with Gasteiger partial charge in [-0.1, -0.05) is 0 Å². The van der Waals surface area contributed by atoms with Crippen LogP contribution >= 0.6 is 0 Å². The van der Waals surface area contributed by atoms with Crippen LogP contribution in [0.1, 0.15) is 5.82 Å². The fourth-order valence-corrected chi connectivity index (χ4v) is 1.30. The number of rotatable bonds is 2. The lowest BCUT2D eigenvalue weighted by molar-refractivity contribution is -0.384. The van der Waals surface area contributed by atoms with Crippen molar-refractivity contribution in [3.63, 3.8) is 0 Å². The molecule has 0 amide bonds. The topological polar surface area (TPSA) is 73.8 Å². The van der Waals surface area contributed by atoms with Gasteiger partial charge in [0.15, 0.2) is 0 Å². The maximum atomic E-state index is 13.0. The first-order valence-corrected chi connectivity index (χ1v) is 4.40. The predicted molar refractivity (Wildman–Crippen MR) is 52.7 cm³/mol. The quantitative estimate of drug-likeness (QED) is 0.571. The van der Waals surface area contributed by atoms with Gasteiger partial charge in [-0.25, -0.2) is 14.1 Å². The van der Waals surface area contributed by atoms with Crippen LogP contribution in [0.15, 0.2) is 24.5 Å². The summed E-state index contributed by atoms with van der Waals surface area (Å²) >= 11 is 0. The minimum atomic E-state index is -0.591. The number of hydrogen-bond acceptors (Lipinski definition) is 4. The number of aromatic nitrogens is 3. The second-order valence-electron chi connectivity index (χ2n) is 3.13. The molecule has 0 spiro atoms. The molecule has 0 bridgehead atoms. The second kappa shape index (κ2) is 3.69. The fourth-order valence-electron chi connectivity index (χ4n) is 1.30. The Bertz CT molecular complexity index is 552. The number of benzene rings is 1. The number of nitro benzene ring substituents is 1. The molecule has 0 unspecified atom stereocenters. The van der Waals surface area contributed by atoms with Gasteiger partial charge >= 0.3 is 0 Å². The molecular weight excluding hydrogens is 215 g/mol. The van der Waals surface area contributed by atoms with Gasteiger partial charge in [0.2, 0.25) is 0 Å². The summed E-state index contributed by atoms with van der Waals surface area (Å²) in [6, 6.07) is 3.18. The lowest BCUT2D eigenvalue weighted by Crippen LogP contribution is -2.01. The van der Waals surface area contributed by atoms with E-state index in [-0.39, 0.29) is 11.4 Å². The summed E-state index contributed by atoms with van der Waals surface area (Å²) in [5.74, 6) is -0.104. The van der Waals surface area contributed by atoms with E-state index in [1.165, 1.54) is 11.0 Å². The van der Waals surface area contributed by atoms with Gasteiger partial charge in [0.25, 0.3) is 5.69 Å². The zero-order valence-electron chi connectivity index (χ0n) is 8.29. The van der Waals surface area contributed by atoms with Crippen LogP contribution in [0.2, 0.25) is 0 Å². The Morgan fingerprint density at radius 3 is 2.81 bits per heavy atom. The summed E-state index contributed by atoms with van der Waals surface area (Å²) in [6.45, 7) is 1.64. The van der Waals surface area contributed by atoms with Gasteiger partial charge in [0.1, 0.15) is 23.7 Å². The van der Waals surface area contributed by atoms with Crippen LogP contribution in [0.25, 0.3) is 5.69 Å². The molecule has 0 saturated heterocycles. The van der Waals surface area contributed by atoms with Crippen LogP contribution in [0.4, 0.5) is 10.1 Å². The van der Waals surface area contributed by atoms with Gasteiger partial charge in [-0.05, 0) is 13.0 Å². The van der Waals surface area contributed by atoms with Gasteiger partial charge in [0.05, 0.1) is 4.92 Å². The van der Waals surface area contributed by atoms with Gasteiger partial charge in [0, 0.05) is 12.1 Å². The van der Waals surface area contributed by atoms with Crippen molar-refractivity contribution < 1.29 is 9.31 Å². The van der Waals surface area contributed by atoms with Crippen molar-refractivity contribution in [3.8, 4) is 5.69 Å². The first-order chi connectivity index (χ1) is 7.58. The summed E-state index contributed by atoms with van der Waals surface area (Å²) in [6.07, 6.45) is 1.30. The lowest BCUT2D eigenvalue weighted by Gasteiger charge is -2.01. The van der Waals surface area contributed by atoms with Crippen molar-refractivity contribution >= 4 is 5.69 Å². The summed E-state index contributed by atoms with van der Waals surface area (Å²) < 4.78 is 14.2. The minimum Gasteiger partial charge on any atom is -0.258 e. The number of aryl methyl sites for hydroxylation is 1. The van der Waals surface area contributed by atoms with E-state index < -0.39 is 10.7 Å². The minimum absolute atomic E-state index is 0.0607. The Kier molecular flexibility index (Phi) is 2.35. The first-order valence-electron chi connectivity index (χ1n) is 4.40. The molecule has 0 atom stereocenters. The van der Waals surface area contributed by atoms with E-state index in [1.54, 1.807) is 6.92 Å². The van der Waals surface area contributed by atoms with Crippen LogP contribution in [-0.2, 0) is 0 Å². The van der Waals surface area contributed by atoms with Crippen molar-refractivity contribution in [2.45, 2.75) is 6.92 Å². The molecule has 1 aromatic heterocycles. The third-order valence-electron chi connectivity index (χ3n) is 1.99. The Hall–Kier alpha value is -2.31. The highest BCUT2D eigenvalue weighted by molar-refractivity contribution is 5.51. The zero-order chi connectivity index (χ0) is 11.7. The largest absolute Gasteiger partial charge is 0.295 e. The molecule has 0 radical (unpaired) electrons. The second-order valence-corrected chi connectivity index (χ2v) is 3.13. The zero-order valence-corrected chi connectivity index (χ0v) is 8.29. The smallest absolute Gasteiger partial charge is 0.258 e. The maximum Gasteiger partial charge on any atom is 0.295 e. The Morgan fingerprint density at radius 1 is 1.50 bits per heavy atom. The molecule has 0 fully saturated rings. The Balaban J connectivity index is 2.62. The highest BCUT2D eigenvalue weighted by Gasteiger charge is 2.16. The van der Waals surface area contributed by atoms with Gasteiger partial charge < -0.3 is 0 Å². The van der Waals surface area contributed by atoms with E-state index >= 15 is 0 Å². The van der Waals surface area contributed by atoms with E-state index in [0.29, 0.717) is 5.82 Å². The van der Waals surface area contributed by atoms with Crippen LogP contribution in [0, 0.1) is 22.9 Å². The summed E-state index contributed by atoms with van der Waals surface area (Å²) in [7, 11) is 0. The van der Waals surface area contributed by atoms with Gasteiger partial charge in [-0.3, -0.25) is 10.1 Å². The van der Waals surface area contributed by atoms with Gasteiger partial charge in [-0.15, -0.1) is 0 Å². The van der Waals surface area contributed by atoms with E-state index in [0.717, 1.165) is 18.2 Å². The highest BCUT2D eigenvalue weighted by Crippen LogP contribution is 2.22. The Morgan fingerprint density at radius 2 is 2.25 bits per heavy atom. The van der Waals surface area contributed by atoms with Crippen LogP contribution in [0.3, 0.4) is 0 Å². The molecule has 0 N–H and O–H groups in total. The fraction of sp³-hybridized carbons (Fsp3) is 0.111. The third-order valence-corrected chi connectivity index (χ3v) is 1.99. The summed E-state index contributed by atoms with van der Waals surface area (Å²) in [5.41, 5.74) is -0.156. The number of halogens is 1. The van der Waals surface area contributed by atoms with Crippen LogP contribution in [0.5, 0.6) is 0 Å². The molecule has 0 aliphatic heterocycles. The third kappa shape index (κ3) is 1.74. The lowest BCUT2D eigenvalue weighted by atomic mass is 10.2. The average Bonchev–Trinajstić information content (AvgIpc) is 2.64. The van der Waals surface area contributed by atoms with Crippen LogP contribution < -0.4 is 0 Å². The van der Waals surface area contributed by atoms with Crippen molar-refractivity contribution in [2.75, 3.05) is 0 Å². The van der Waals surface area contributed by atoms with Crippen molar-refractivity contribution in [1.82, 2.24) is 14.8 Å². The molecule has 0 aliphatic rings. The normalized spacial score (nSPS) is 10.4. The molecule has 16 heavy (non-hydrogen) atoms. The monoisotopic (exact) mass is 222 g/mol. The molecule has 0 aliphatic carbocycles. The molecule has 2 rings (SSSR count). The summed E-state index contributed by atoms with van der Waals surface area (Å²) in [4.78, 5) is 14.0. The predicted octanol–water partition coefficient (Wildman–Crippen LogP) is 1.62. The first kappa shape index (κ1) is 10.2. The van der Waals surface area contributed by atoms with Gasteiger partial charge in [-0.2, -0.15) is 5.10 Å². The maximum absolute atomic E-state index is 13.0. The Labute approximate surface area is 89.5 Å². The molecule has 82 valence electrons.